The second-order valence-electron chi connectivity index (χ2n) is 7.62. The van der Waals surface area contributed by atoms with Gasteiger partial charge in [-0.2, -0.15) is 5.10 Å². The second-order valence-corrected chi connectivity index (χ2v) is 8.06. The van der Waals surface area contributed by atoms with Crippen LogP contribution in [0.2, 0.25) is 5.02 Å². The highest BCUT2D eigenvalue weighted by atomic mass is 35.5. The van der Waals surface area contributed by atoms with Crippen molar-refractivity contribution in [2.75, 3.05) is 32.7 Å². The minimum Gasteiger partial charge on any atom is -0.507 e. The van der Waals surface area contributed by atoms with E-state index in [1.165, 1.54) is 21.6 Å². The van der Waals surface area contributed by atoms with Crippen molar-refractivity contribution in [2.24, 2.45) is 5.10 Å². The van der Waals surface area contributed by atoms with Crippen LogP contribution < -0.4 is 15.2 Å². The summed E-state index contributed by atoms with van der Waals surface area (Å²) in [6.45, 7) is 9.01. The third kappa shape index (κ3) is 6.42. The van der Waals surface area contributed by atoms with Crippen LogP contribution in [0.15, 0.2) is 60.2 Å². The van der Waals surface area contributed by atoms with Crippen LogP contribution in [-0.2, 0) is 17.8 Å². The average molecular weight is 429 g/mol. The van der Waals surface area contributed by atoms with Gasteiger partial charge in [-0.05, 0) is 30.2 Å². The number of rotatable bonds is 8. The van der Waals surface area contributed by atoms with Gasteiger partial charge in [0.1, 0.15) is 38.5 Å². The zero-order chi connectivity index (χ0) is 21.3. The predicted molar refractivity (Wildman–Crippen MR) is 119 cm³/mol. The number of carbonyl (C=O) groups excluding carboxylic acids is 1. The van der Waals surface area contributed by atoms with Gasteiger partial charge < -0.3 is 14.9 Å². The van der Waals surface area contributed by atoms with Crippen LogP contribution in [0.3, 0.4) is 0 Å². The molecule has 1 amide bonds. The van der Waals surface area contributed by atoms with Crippen LogP contribution in [0.4, 0.5) is 0 Å². The molecule has 1 fully saturated rings. The number of benzene rings is 2. The molecule has 3 rings (SSSR count). The molecule has 1 aliphatic heterocycles. The molecule has 0 spiro atoms. The molecule has 7 heteroatoms. The zero-order valence-electron chi connectivity index (χ0n) is 17.0. The monoisotopic (exact) mass is 428 g/mol. The molecular weight excluding hydrogens is 400 g/mol. The Morgan fingerprint density at radius 1 is 1.13 bits per heavy atom. The van der Waals surface area contributed by atoms with Crippen LogP contribution in [0.5, 0.6) is 5.75 Å². The molecule has 0 saturated carbocycles. The Morgan fingerprint density at radius 3 is 2.53 bits per heavy atom. The number of quaternary nitrogens is 2. The van der Waals surface area contributed by atoms with Crippen molar-refractivity contribution in [1.82, 2.24) is 5.43 Å². The first kappa shape index (κ1) is 22.0. The molecule has 0 unspecified atom stereocenters. The molecule has 0 aliphatic carbocycles. The van der Waals surface area contributed by atoms with E-state index in [1.807, 2.05) is 24.3 Å². The molecule has 0 atom stereocenters. The molecule has 1 heterocycles. The largest absolute Gasteiger partial charge is 0.507 e. The number of piperazine rings is 1. The van der Waals surface area contributed by atoms with Crippen LogP contribution in [0, 0.1) is 0 Å². The molecule has 158 valence electrons. The maximum atomic E-state index is 12.2. The lowest BCUT2D eigenvalue weighted by atomic mass is 10.1. The summed E-state index contributed by atoms with van der Waals surface area (Å²) >= 11 is 5.95. The lowest BCUT2D eigenvalue weighted by Gasteiger charge is -2.29. The molecule has 4 N–H and O–H groups in total. The average Bonchev–Trinajstić information content (AvgIpc) is 2.74. The quantitative estimate of drug-likeness (QED) is 0.276. The predicted octanol–water partition coefficient (Wildman–Crippen LogP) is 0.208. The molecule has 0 radical (unpaired) electrons. The van der Waals surface area contributed by atoms with Crippen LogP contribution in [-0.4, -0.2) is 50.0 Å². The van der Waals surface area contributed by atoms with Crippen molar-refractivity contribution < 1.29 is 19.7 Å². The molecule has 2 aromatic rings. The summed E-state index contributed by atoms with van der Waals surface area (Å²) in [5.41, 5.74) is 5.21. The minimum absolute atomic E-state index is 0.121. The highest BCUT2D eigenvalue weighted by Gasteiger charge is 2.24. The summed E-state index contributed by atoms with van der Waals surface area (Å²) in [6, 6.07) is 13.4. The maximum absolute atomic E-state index is 12.2. The van der Waals surface area contributed by atoms with Crippen molar-refractivity contribution >= 4 is 23.7 Å². The number of amides is 1. The number of para-hydroxylation sites is 1. The smallest absolute Gasteiger partial charge is 0.295 e. The van der Waals surface area contributed by atoms with Gasteiger partial charge >= 0.3 is 0 Å². The molecule has 0 bridgehead atoms. The van der Waals surface area contributed by atoms with Crippen LogP contribution >= 0.6 is 11.6 Å². The van der Waals surface area contributed by atoms with Crippen molar-refractivity contribution in [1.29, 1.82) is 0 Å². The third-order valence-corrected chi connectivity index (χ3v) is 5.60. The number of hydrazone groups is 1. The van der Waals surface area contributed by atoms with Crippen molar-refractivity contribution in [3.05, 3.63) is 76.8 Å². The SMILES string of the molecule is C=CCc1cccc(/C=N/NC(=O)C[NH+]2CC[NH+](Cc3ccc(Cl)cc3)CC2)c1O. The molecule has 30 heavy (non-hydrogen) atoms. The first-order valence-corrected chi connectivity index (χ1v) is 10.6. The summed E-state index contributed by atoms with van der Waals surface area (Å²) < 4.78 is 0. The van der Waals surface area contributed by atoms with Gasteiger partial charge in [0.05, 0.1) is 6.21 Å². The highest BCUT2D eigenvalue weighted by molar-refractivity contribution is 6.30. The number of allylic oxidation sites excluding steroid dienone is 1. The van der Waals surface area contributed by atoms with E-state index in [2.05, 4.69) is 29.2 Å². The van der Waals surface area contributed by atoms with Gasteiger partial charge in [-0.15, -0.1) is 6.58 Å². The molecule has 2 aromatic carbocycles. The summed E-state index contributed by atoms with van der Waals surface area (Å²) in [4.78, 5) is 15.0. The number of hydrogen-bond acceptors (Lipinski definition) is 3. The number of phenols is 1. The van der Waals surface area contributed by atoms with Gasteiger partial charge in [0, 0.05) is 16.1 Å². The fourth-order valence-electron chi connectivity index (χ4n) is 3.68. The van der Waals surface area contributed by atoms with Gasteiger partial charge in [-0.1, -0.05) is 41.9 Å². The fourth-order valence-corrected chi connectivity index (χ4v) is 3.80. The van der Waals surface area contributed by atoms with E-state index in [1.54, 1.807) is 12.1 Å². The molecule has 0 aromatic heterocycles. The number of hydrogen-bond donors (Lipinski definition) is 4. The molecule has 6 nitrogen and oxygen atoms in total. The lowest BCUT2D eigenvalue weighted by Crippen LogP contribution is -3.28. The Hall–Kier alpha value is -2.67. The van der Waals surface area contributed by atoms with Gasteiger partial charge in [0.2, 0.25) is 0 Å². The first-order valence-electron chi connectivity index (χ1n) is 10.2. The van der Waals surface area contributed by atoms with E-state index in [9.17, 15) is 9.90 Å². The van der Waals surface area contributed by atoms with Crippen LogP contribution in [0.25, 0.3) is 0 Å². The summed E-state index contributed by atoms with van der Waals surface area (Å²) in [5.74, 6) is 0.0462. The Morgan fingerprint density at radius 2 is 1.83 bits per heavy atom. The van der Waals surface area contributed by atoms with E-state index < -0.39 is 0 Å². The number of nitrogens with zero attached hydrogens (tertiary/aromatic N) is 1. The van der Waals surface area contributed by atoms with E-state index >= 15 is 0 Å². The number of nitrogens with one attached hydrogen (secondary N) is 3. The Balaban J connectivity index is 1.42. The molecular formula is C23H29ClN4O2+2. The van der Waals surface area contributed by atoms with E-state index in [-0.39, 0.29) is 11.7 Å². The van der Waals surface area contributed by atoms with Crippen LogP contribution in [0.1, 0.15) is 16.7 Å². The number of phenolic OH excluding ortho intramolecular Hbond substituents is 1. The van der Waals surface area contributed by atoms with Crippen molar-refractivity contribution in [3.8, 4) is 5.75 Å². The van der Waals surface area contributed by atoms with E-state index in [4.69, 9.17) is 11.6 Å². The topological polar surface area (TPSA) is 70.6 Å². The van der Waals surface area contributed by atoms with E-state index in [0.29, 0.717) is 18.5 Å². The zero-order valence-corrected chi connectivity index (χ0v) is 17.8. The number of halogens is 1. The standard InChI is InChI=1S/C23H27ClN4O2/c1-2-4-19-5-3-6-20(23(19)30)15-25-26-22(29)17-28-13-11-27(12-14-28)16-18-7-9-21(24)10-8-18/h2-3,5-10,15,30H,1,4,11-14,16-17H2,(H,26,29)/p+2/b25-15+. The van der Waals surface area contributed by atoms with Crippen molar-refractivity contribution in [3.63, 3.8) is 0 Å². The summed E-state index contributed by atoms with van der Waals surface area (Å²) in [5, 5.41) is 15.0. The van der Waals surface area contributed by atoms with Gasteiger partial charge in [0.25, 0.3) is 5.91 Å². The second kappa shape index (κ2) is 10.9. The minimum atomic E-state index is -0.121. The first-order chi connectivity index (χ1) is 14.5. The Labute approximate surface area is 182 Å². The van der Waals surface area contributed by atoms with E-state index in [0.717, 1.165) is 43.3 Å². The number of aromatic hydroxyl groups is 1. The van der Waals surface area contributed by atoms with Gasteiger partial charge in [-0.3, -0.25) is 4.79 Å². The highest BCUT2D eigenvalue weighted by Crippen LogP contribution is 2.21. The molecule has 1 aliphatic rings. The Kier molecular flexibility index (Phi) is 8.02. The van der Waals surface area contributed by atoms with Gasteiger partial charge in [-0.25, -0.2) is 5.43 Å². The summed E-state index contributed by atoms with van der Waals surface area (Å²) in [7, 11) is 0. The third-order valence-electron chi connectivity index (χ3n) is 5.35. The maximum Gasteiger partial charge on any atom is 0.295 e. The van der Waals surface area contributed by atoms with Crippen molar-refractivity contribution in [2.45, 2.75) is 13.0 Å². The number of carbonyl (C=O) groups is 1. The molecule has 1 saturated heterocycles. The lowest BCUT2D eigenvalue weighted by molar-refractivity contribution is -1.02. The normalized spacial score (nSPS) is 19.0. The van der Waals surface area contributed by atoms with Gasteiger partial charge in [0.15, 0.2) is 6.54 Å². The fraction of sp³-hybridized carbons (Fsp3) is 0.304. The summed E-state index contributed by atoms with van der Waals surface area (Å²) in [6.07, 6.45) is 3.79. The Bertz CT molecular complexity index is 891.